The van der Waals surface area contributed by atoms with Crippen molar-refractivity contribution >= 4 is 17.3 Å². The number of carbonyl (C=O) groups is 1. The highest BCUT2D eigenvalue weighted by atomic mass is 19.1. The average molecular weight is 271 g/mol. The van der Waals surface area contributed by atoms with E-state index in [-0.39, 0.29) is 5.69 Å². The van der Waals surface area contributed by atoms with Crippen LogP contribution in [0.4, 0.5) is 15.8 Å². The van der Waals surface area contributed by atoms with Crippen LogP contribution in [0.3, 0.4) is 0 Å². The Morgan fingerprint density at radius 1 is 1.58 bits per heavy atom. The topological polar surface area (TPSA) is 95.7 Å². The van der Waals surface area contributed by atoms with Gasteiger partial charge in [0.25, 0.3) is 5.69 Å². The smallest absolute Gasteiger partial charge is 0.338 e. The monoisotopic (exact) mass is 271 g/mol. The second-order valence-corrected chi connectivity index (χ2v) is 3.91. The number of hydrogen-bond acceptors (Lipinski definition) is 5. The van der Waals surface area contributed by atoms with E-state index in [1.54, 1.807) is 14.1 Å². The number of rotatable bonds is 6. The molecule has 104 valence electrons. The van der Waals surface area contributed by atoms with Crippen LogP contribution in [-0.4, -0.2) is 43.2 Å². The van der Waals surface area contributed by atoms with Crippen LogP contribution in [0, 0.1) is 15.9 Å². The zero-order chi connectivity index (χ0) is 14.6. The lowest BCUT2D eigenvalue weighted by molar-refractivity contribution is -0.384. The molecule has 0 radical (unpaired) electrons. The molecule has 0 aliphatic heterocycles. The van der Waals surface area contributed by atoms with E-state index < -0.39 is 28.0 Å². The first-order valence-corrected chi connectivity index (χ1v) is 5.45. The maximum Gasteiger partial charge on any atom is 0.338 e. The molecular weight excluding hydrogens is 257 g/mol. The molecule has 19 heavy (non-hydrogen) atoms. The van der Waals surface area contributed by atoms with Gasteiger partial charge in [0.15, 0.2) is 0 Å². The van der Waals surface area contributed by atoms with E-state index in [0.717, 1.165) is 6.07 Å². The van der Waals surface area contributed by atoms with E-state index in [2.05, 4.69) is 5.32 Å². The summed E-state index contributed by atoms with van der Waals surface area (Å²) in [7, 11) is 3.29. The normalized spacial score (nSPS) is 10.3. The third-order valence-electron chi connectivity index (χ3n) is 2.60. The van der Waals surface area contributed by atoms with E-state index >= 15 is 0 Å². The number of nitrogens with one attached hydrogen (secondary N) is 1. The van der Waals surface area contributed by atoms with Crippen molar-refractivity contribution < 1.29 is 19.2 Å². The summed E-state index contributed by atoms with van der Waals surface area (Å²) >= 11 is 0. The molecule has 8 heteroatoms. The van der Waals surface area contributed by atoms with Gasteiger partial charge >= 0.3 is 5.97 Å². The van der Waals surface area contributed by atoms with Gasteiger partial charge in [-0.15, -0.1) is 0 Å². The third kappa shape index (κ3) is 3.38. The van der Waals surface area contributed by atoms with Crippen LogP contribution in [0.2, 0.25) is 0 Å². The van der Waals surface area contributed by atoms with Gasteiger partial charge in [0.2, 0.25) is 0 Å². The second-order valence-electron chi connectivity index (χ2n) is 3.91. The lowest BCUT2D eigenvalue weighted by Crippen LogP contribution is -2.28. The number of carboxylic acids is 1. The number of halogens is 1. The van der Waals surface area contributed by atoms with Gasteiger partial charge < -0.3 is 15.3 Å². The summed E-state index contributed by atoms with van der Waals surface area (Å²) in [5.41, 5.74) is -0.975. The first-order chi connectivity index (χ1) is 8.88. The average Bonchev–Trinajstić information content (AvgIpc) is 2.34. The molecular formula is C11H14FN3O4. The molecule has 0 fully saturated rings. The number of likely N-dealkylation sites (N-methyl/N-ethyl adjacent to an activating group) is 2. The molecule has 0 atom stereocenters. The summed E-state index contributed by atoms with van der Waals surface area (Å²) in [6.07, 6.45) is 0. The van der Waals surface area contributed by atoms with Crippen molar-refractivity contribution in [3.8, 4) is 0 Å². The molecule has 1 rings (SSSR count). The van der Waals surface area contributed by atoms with Gasteiger partial charge in [0, 0.05) is 20.1 Å². The zero-order valence-electron chi connectivity index (χ0n) is 10.5. The summed E-state index contributed by atoms with van der Waals surface area (Å²) in [6, 6.07) is 1.61. The van der Waals surface area contributed by atoms with E-state index in [1.807, 2.05) is 0 Å². The maximum absolute atomic E-state index is 13.4. The zero-order valence-corrected chi connectivity index (χ0v) is 10.5. The van der Waals surface area contributed by atoms with Crippen LogP contribution in [-0.2, 0) is 0 Å². The van der Waals surface area contributed by atoms with E-state index in [0.29, 0.717) is 19.2 Å². The van der Waals surface area contributed by atoms with Crippen molar-refractivity contribution in [3.63, 3.8) is 0 Å². The predicted octanol–water partition coefficient (Wildman–Crippen LogP) is 1.09. The molecule has 0 amide bonds. The summed E-state index contributed by atoms with van der Waals surface area (Å²) in [5, 5.41) is 22.6. The van der Waals surface area contributed by atoms with Crippen LogP contribution < -0.4 is 10.2 Å². The Morgan fingerprint density at radius 2 is 2.21 bits per heavy atom. The lowest BCUT2D eigenvalue weighted by atomic mass is 10.1. The van der Waals surface area contributed by atoms with Crippen molar-refractivity contribution in [2.45, 2.75) is 0 Å². The van der Waals surface area contributed by atoms with Gasteiger partial charge in [-0.25, -0.2) is 9.18 Å². The minimum atomic E-state index is -1.46. The van der Waals surface area contributed by atoms with Crippen LogP contribution >= 0.6 is 0 Å². The number of aromatic carboxylic acids is 1. The SMILES string of the molecule is CNCCN(C)c1cc(C(=O)O)c(F)cc1[N+](=O)[O-]. The molecule has 0 saturated carbocycles. The Morgan fingerprint density at radius 3 is 2.68 bits per heavy atom. The Kier molecular flexibility index (Phi) is 4.76. The van der Waals surface area contributed by atoms with Crippen molar-refractivity contribution in [2.75, 3.05) is 32.1 Å². The van der Waals surface area contributed by atoms with Crippen LogP contribution in [0.5, 0.6) is 0 Å². The maximum atomic E-state index is 13.4. The van der Waals surface area contributed by atoms with Crippen LogP contribution in [0.25, 0.3) is 0 Å². The van der Waals surface area contributed by atoms with Gasteiger partial charge in [-0.3, -0.25) is 10.1 Å². The summed E-state index contributed by atoms with van der Waals surface area (Å²) in [6.45, 7) is 0.968. The van der Waals surface area contributed by atoms with E-state index in [9.17, 15) is 19.3 Å². The lowest BCUT2D eigenvalue weighted by Gasteiger charge is -2.19. The number of hydrogen-bond donors (Lipinski definition) is 2. The fourth-order valence-electron chi connectivity index (χ4n) is 1.57. The number of benzene rings is 1. The first kappa shape index (κ1) is 14.8. The Hall–Kier alpha value is -2.22. The molecule has 0 aliphatic carbocycles. The highest BCUT2D eigenvalue weighted by molar-refractivity contribution is 5.90. The van der Waals surface area contributed by atoms with Crippen molar-refractivity contribution in [1.29, 1.82) is 0 Å². The largest absolute Gasteiger partial charge is 0.478 e. The minimum Gasteiger partial charge on any atom is -0.478 e. The molecule has 0 bridgehead atoms. The molecule has 0 aromatic heterocycles. The van der Waals surface area contributed by atoms with Crippen molar-refractivity contribution in [3.05, 3.63) is 33.6 Å². The van der Waals surface area contributed by atoms with Crippen molar-refractivity contribution in [1.82, 2.24) is 5.32 Å². The molecule has 1 aromatic rings. The number of nitro benzene ring substituents is 1. The Labute approximate surface area is 108 Å². The fourth-order valence-corrected chi connectivity index (χ4v) is 1.57. The number of carboxylic acid groups (broad SMARTS) is 1. The first-order valence-electron chi connectivity index (χ1n) is 5.45. The van der Waals surface area contributed by atoms with Gasteiger partial charge in [-0.2, -0.15) is 0 Å². The predicted molar refractivity (Wildman–Crippen MR) is 67.2 cm³/mol. The molecule has 0 saturated heterocycles. The highest BCUT2D eigenvalue weighted by Crippen LogP contribution is 2.30. The van der Waals surface area contributed by atoms with E-state index in [4.69, 9.17) is 5.11 Å². The summed E-state index contributed by atoms with van der Waals surface area (Å²) < 4.78 is 13.4. The summed E-state index contributed by atoms with van der Waals surface area (Å²) in [5.74, 6) is -2.58. The Bertz CT molecular complexity index is 507. The summed E-state index contributed by atoms with van der Waals surface area (Å²) in [4.78, 5) is 22.5. The third-order valence-corrected chi connectivity index (χ3v) is 2.60. The molecule has 0 spiro atoms. The molecule has 7 nitrogen and oxygen atoms in total. The van der Waals surface area contributed by atoms with E-state index in [1.165, 1.54) is 4.90 Å². The molecule has 1 aromatic carbocycles. The molecule has 0 heterocycles. The Balaban J connectivity index is 3.28. The quantitative estimate of drug-likeness (QED) is 0.594. The number of nitrogens with zero attached hydrogens (tertiary/aromatic N) is 2. The highest BCUT2D eigenvalue weighted by Gasteiger charge is 2.23. The van der Waals surface area contributed by atoms with Gasteiger partial charge in [-0.05, 0) is 13.1 Å². The van der Waals surface area contributed by atoms with Gasteiger partial charge in [0.1, 0.15) is 11.5 Å². The number of anilines is 1. The molecule has 0 unspecified atom stereocenters. The van der Waals surface area contributed by atoms with Gasteiger partial charge in [-0.1, -0.05) is 0 Å². The second kappa shape index (κ2) is 6.10. The standard InChI is InChI=1S/C11H14FN3O4/c1-13-3-4-14(2)9-5-7(11(16)17)8(12)6-10(9)15(18)19/h5-6,13H,3-4H2,1-2H3,(H,16,17). The number of nitro groups is 1. The van der Waals surface area contributed by atoms with Gasteiger partial charge in [0.05, 0.1) is 16.6 Å². The fraction of sp³-hybridized carbons (Fsp3) is 0.364. The van der Waals surface area contributed by atoms with Crippen LogP contribution in [0.15, 0.2) is 12.1 Å². The molecule has 0 aliphatic rings. The molecule has 2 N–H and O–H groups in total. The minimum absolute atomic E-state index is 0.0686. The van der Waals surface area contributed by atoms with Crippen LogP contribution in [0.1, 0.15) is 10.4 Å². The van der Waals surface area contributed by atoms with Crippen molar-refractivity contribution in [2.24, 2.45) is 0 Å².